The van der Waals surface area contributed by atoms with Gasteiger partial charge in [-0.3, -0.25) is 0 Å². The zero-order chi connectivity index (χ0) is 26.5. The number of rotatable bonds is 12. The Kier molecular flexibility index (Phi) is 9.52. The second kappa shape index (κ2) is 12.4. The Labute approximate surface area is 232 Å². The molecule has 2 aromatic carbocycles. The lowest BCUT2D eigenvalue weighted by Crippen LogP contribution is -2.45. The summed E-state index contributed by atoms with van der Waals surface area (Å²) in [5.41, 5.74) is 2.91. The van der Waals surface area contributed by atoms with Crippen LogP contribution in [-0.2, 0) is 9.49 Å². The molecule has 7 heteroatoms. The van der Waals surface area contributed by atoms with Crippen molar-refractivity contribution in [2.75, 3.05) is 60.1 Å². The lowest BCUT2D eigenvalue weighted by Gasteiger charge is -2.46. The molecule has 1 saturated carbocycles. The van der Waals surface area contributed by atoms with Crippen molar-refractivity contribution in [1.82, 2.24) is 4.90 Å². The Morgan fingerprint density at radius 3 is 1.84 bits per heavy atom. The standard InChI is InChI=1S/C30H43NO4S2/c1-22(19-30(36-15-8-16-37-30)24-10-12-26(33-4)28(18-24)35-6)20-31(2)21-29(13-7-14-29)23-9-11-25(32-3)27(17-23)34-5/h9-12,17-18,22H,7-8,13-16,19-21H2,1-6H3/t22-/m1/s1. The van der Waals surface area contributed by atoms with Crippen molar-refractivity contribution in [2.45, 2.75) is 48.5 Å². The number of hydrogen-bond acceptors (Lipinski definition) is 7. The van der Waals surface area contributed by atoms with Gasteiger partial charge < -0.3 is 23.8 Å². The molecule has 2 aliphatic rings. The van der Waals surface area contributed by atoms with E-state index in [9.17, 15) is 0 Å². The lowest BCUT2D eigenvalue weighted by atomic mass is 9.64. The van der Waals surface area contributed by atoms with Gasteiger partial charge in [0, 0.05) is 18.5 Å². The average molecular weight is 546 g/mol. The Balaban J connectivity index is 1.47. The molecular formula is C30H43NO4S2. The van der Waals surface area contributed by atoms with Gasteiger partial charge in [0.25, 0.3) is 0 Å². The fourth-order valence-electron chi connectivity index (χ4n) is 5.99. The van der Waals surface area contributed by atoms with Gasteiger partial charge in [-0.25, -0.2) is 0 Å². The summed E-state index contributed by atoms with van der Waals surface area (Å²) in [6.45, 7) is 4.56. The van der Waals surface area contributed by atoms with E-state index in [1.54, 1.807) is 28.4 Å². The van der Waals surface area contributed by atoms with Gasteiger partial charge in [0.15, 0.2) is 23.0 Å². The summed E-state index contributed by atoms with van der Waals surface area (Å²) in [5, 5.41) is 0. The van der Waals surface area contributed by atoms with Crippen molar-refractivity contribution in [2.24, 2.45) is 5.92 Å². The molecular weight excluding hydrogens is 502 g/mol. The van der Waals surface area contributed by atoms with E-state index in [2.05, 4.69) is 78.8 Å². The first-order valence-electron chi connectivity index (χ1n) is 13.3. The van der Waals surface area contributed by atoms with Gasteiger partial charge in [-0.05, 0) is 85.5 Å². The van der Waals surface area contributed by atoms with E-state index in [0.29, 0.717) is 5.92 Å². The van der Waals surface area contributed by atoms with E-state index in [-0.39, 0.29) is 9.49 Å². The molecule has 5 nitrogen and oxygen atoms in total. The molecule has 2 fully saturated rings. The van der Waals surface area contributed by atoms with Gasteiger partial charge in [0.1, 0.15) is 0 Å². The average Bonchev–Trinajstić information content (AvgIpc) is 2.90. The van der Waals surface area contributed by atoms with Gasteiger partial charge in [0.2, 0.25) is 0 Å². The molecule has 0 spiro atoms. The first kappa shape index (κ1) is 28.3. The van der Waals surface area contributed by atoms with Crippen molar-refractivity contribution in [3.05, 3.63) is 47.5 Å². The second-order valence-electron chi connectivity index (χ2n) is 10.6. The number of ether oxygens (including phenoxy) is 4. The van der Waals surface area contributed by atoms with Crippen LogP contribution in [0, 0.1) is 5.92 Å². The van der Waals surface area contributed by atoms with Crippen LogP contribution >= 0.6 is 23.5 Å². The first-order chi connectivity index (χ1) is 17.9. The molecule has 1 saturated heterocycles. The molecule has 37 heavy (non-hydrogen) atoms. The highest BCUT2D eigenvalue weighted by Gasteiger charge is 2.41. The topological polar surface area (TPSA) is 40.2 Å². The summed E-state index contributed by atoms with van der Waals surface area (Å²) in [4.78, 5) is 2.56. The first-order valence-corrected chi connectivity index (χ1v) is 15.3. The zero-order valence-electron chi connectivity index (χ0n) is 23.3. The van der Waals surface area contributed by atoms with E-state index in [1.807, 2.05) is 0 Å². The van der Waals surface area contributed by atoms with Crippen molar-refractivity contribution in [3.63, 3.8) is 0 Å². The quantitative estimate of drug-likeness (QED) is 0.290. The number of hydrogen-bond donors (Lipinski definition) is 0. The minimum Gasteiger partial charge on any atom is -0.493 e. The third-order valence-electron chi connectivity index (χ3n) is 7.90. The molecule has 0 aromatic heterocycles. The van der Waals surface area contributed by atoms with E-state index in [0.717, 1.165) is 42.5 Å². The van der Waals surface area contributed by atoms with Crippen molar-refractivity contribution in [1.29, 1.82) is 0 Å². The van der Waals surface area contributed by atoms with E-state index >= 15 is 0 Å². The van der Waals surface area contributed by atoms with Gasteiger partial charge in [0.05, 0.1) is 32.5 Å². The minimum atomic E-state index is 0.0512. The Hall–Kier alpha value is -1.70. The number of thioether (sulfide) groups is 2. The Morgan fingerprint density at radius 1 is 0.784 bits per heavy atom. The highest BCUT2D eigenvalue weighted by molar-refractivity contribution is 8.18. The smallest absolute Gasteiger partial charge is 0.161 e. The Morgan fingerprint density at radius 2 is 1.32 bits per heavy atom. The molecule has 0 unspecified atom stereocenters. The van der Waals surface area contributed by atoms with Gasteiger partial charge in [-0.1, -0.05) is 25.5 Å². The molecule has 1 aliphatic carbocycles. The van der Waals surface area contributed by atoms with Gasteiger partial charge >= 0.3 is 0 Å². The molecule has 1 atom stereocenters. The monoisotopic (exact) mass is 545 g/mol. The summed E-state index contributed by atoms with van der Waals surface area (Å²) in [6.07, 6.45) is 6.14. The van der Waals surface area contributed by atoms with Crippen LogP contribution in [0.15, 0.2) is 36.4 Å². The van der Waals surface area contributed by atoms with Crippen LogP contribution < -0.4 is 18.9 Å². The molecule has 0 radical (unpaired) electrons. The fourth-order valence-corrected chi connectivity index (χ4v) is 9.64. The fraction of sp³-hybridized carbons (Fsp3) is 0.600. The summed E-state index contributed by atoms with van der Waals surface area (Å²) >= 11 is 4.21. The Bertz CT molecular complexity index is 1040. The maximum absolute atomic E-state index is 5.66. The van der Waals surface area contributed by atoms with Crippen LogP contribution in [-0.4, -0.2) is 65.0 Å². The van der Waals surface area contributed by atoms with Crippen LogP contribution in [0.1, 0.15) is 50.2 Å². The van der Waals surface area contributed by atoms with Crippen molar-refractivity contribution < 1.29 is 18.9 Å². The third kappa shape index (κ3) is 6.15. The maximum Gasteiger partial charge on any atom is 0.161 e. The highest BCUT2D eigenvalue weighted by Crippen LogP contribution is 2.55. The molecule has 1 heterocycles. The van der Waals surface area contributed by atoms with Crippen LogP contribution in [0.25, 0.3) is 0 Å². The number of benzene rings is 2. The van der Waals surface area contributed by atoms with Crippen LogP contribution in [0.2, 0.25) is 0 Å². The summed E-state index contributed by atoms with van der Waals surface area (Å²) < 4.78 is 22.3. The second-order valence-corrected chi connectivity index (χ2v) is 13.6. The van der Waals surface area contributed by atoms with Crippen molar-refractivity contribution >= 4 is 23.5 Å². The molecule has 0 N–H and O–H groups in total. The SMILES string of the molecule is COc1ccc(C2(CN(C)C[C@H](C)CC3(c4ccc(OC)c(OC)c4)SCCCS3)CCC2)cc1OC. The van der Waals surface area contributed by atoms with Crippen LogP contribution in [0.3, 0.4) is 0 Å². The molecule has 1 aliphatic heterocycles. The summed E-state index contributed by atoms with van der Waals surface area (Å²) in [5.74, 6) is 6.19. The minimum absolute atomic E-state index is 0.0512. The van der Waals surface area contributed by atoms with Crippen LogP contribution in [0.5, 0.6) is 23.0 Å². The van der Waals surface area contributed by atoms with Crippen LogP contribution in [0.4, 0.5) is 0 Å². The van der Waals surface area contributed by atoms with Gasteiger partial charge in [-0.2, -0.15) is 0 Å². The predicted octanol–water partition coefficient (Wildman–Crippen LogP) is 6.82. The largest absolute Gasteiger partial charge is 0.493 e. The maximum atomic E-state index is 5.66. The van der Waals surface area contributed by atoms with Crippen molar-refractivity contribution in [3.8, 4) is 23.0 Å². The zero-order valence-corrected chi connectivity index (χ0v) is 24.9. The predicted molar refractivity (Wildman–Crippen MR) is 157 cm³/mol. The number of nitrogens with zero attached hydrogens (tertiary/aromatic N) is 1. The molecule has 4 rings (SSSR count). The molecule has 2 aromatic rings. The lowest BCUT2D eigenvalue weighted by molar-refractivity contribution is 0.145. The van der Waals surface area contributed by atoms with Gasteiger partial charge in [-0.15, -0.1) is 23.5 Å². The number of methoxy groups -OCH3 is 4. The normalized spacial score (nSPS) is 19.1. The molecule has 204 valence electrons. The number of likely N-dealkylation sites (N-methyl/N-ethyl adjacent to an activating group) is 1. The summed E-state index contributed by atoms with van der Waals surface area (Å²) in [6, 6.07) is 13.0. The van der Waals surface area contributed by atoms with E-state index in [1.165, 1.54) is 48.3 Å². The van der Waals surface area contributed by atoms with E-state index < -0.39 is 0 Å². The third-order valence-corrected chi connectivity index (χ3v) is 11.3. The molecule has 0 bridgehead atoms. The van der Waals surface area contributed by atoms with E-state index in [4.69, 9.17) is 18.9 Å². The highest BCUT2D eigenvalue weighted by atomic mass is 32.2. The summed E-state index contributed by atoms with van der Waals surface area (Å²) in [7, 11) is 9.14. The molecule has 0 amide bonds.